The Morgan fingerprint density at radius 2 is 1.64 bits per heavy atom. The van der Waals surface area contributed by atoms with E-state index in [4.69, 9.17) is 4.74 Å². The fraction of sp³-hybridized carbons (Fsp3) is 0.286. The van der Waals surface area contributed by atoms with Crippen molar-refractivity contribution in [1.29, 1.82) is 0 Å². The number of hydrazine groups is 1. The largest absolute Gasteiger partial charge is 0.481 e. The van der Waals surface area contributed by atoms with Crippen LogP contribution >= 0.6 is 0 Å². The van der Waals surface area contributed by atoms with Gasteiger partial charge in [0.05, 0.1) is 0 Å². The molecule has 148 valence electrons. The summed E-state index contributed by atoms with van der Waals surface area (Å²) in [5.41, 5.74) is 7.16. The normalized spacial score (nSPS) is 11.4. The Hall–Kier alpha value is -3.22. The molecule has 0 aromatic heterocycles. The molecule has 0 bridgehead atoms. The molecule has 0 saturated carbocycles. The zero-order valence-corrected chi connectivity index (χ0v) is 16.0. The molecule has 7 heteroatoms. The Morgan fingerprint density at radius 3 is 2.29 bits per heavy atom. The van der Waals surface area contributed by atoms with Crippen molar-refractivity contribution in [2.45, 2.75) is 39.7 Å². The van der Waals surface area contributed by atoms with Gasteiger partial charge >= 0.3 is 0 Å². The van der Waals surface area contributed by atoms with Gasteiger partial charge in [0.2, 0.25) is 5.91 Å². The summed E-state index contributed by atoms with van der Waals surface area (Å²) in [6.45, 7) is 5.37. The molecular weight excluding hydrogens is 363 g/mol. The third-order valence-electron chi connectivity index (χ3n) is 4.23. The minimum Gasteiger partial charge on any atom is -0.481 e. The van der Waals surface area contributed by atoms with E-state index >= 15 is 0 Å². The number of halogens is 1. The molecule has 2 amide bonds. The summed E-state index contributed by atoms with van der Waals surface area (Å²) < 4.78 is 18.2. The van der Waals surface area contributed by atoms with E-state index in [1.165, 1.54) is 31.2 Å². The average Bonchev–Trinajstić information content (AvgIpc) is 2.67. The van der Waals surface area contributed by atoms with Crippen LogP contribution in [0.1, 0.15) is 41.3 Å². The smallest absolute Gasteiger partial charge is 0.279 e. The first-order valence-corrected chi connectivity index (χ1v) is 8.87. The van der Waals surface area contributed by atoms with E-state index in [0.717, 1.165) is 11.1 Å². The van der Waals surface area contributed by atoms with Gasteiger partial charge in [-0.15, -0.1) is 0 Å². The van der Waals surface area contributed by atoms with Crippen molar-refractivity contribution in [3.63, 3.8) is 0 Å². The maximum absolute atomic E-state index is 12.9. The number of nitrogens with one attached hydrogen (secondary N) is 2. The third-order valence-corrected chi connectivity index (χ3v) is 4.23. The van der Waals surface area contributed by atoms with Gasteiger partial charge in [0, 0.05) is 18.4 Å². The van der Waals surface area contributed by atoms with Crippen LogP contribution in [0.3, 0.4) is 0 Å². The molecule has 1 atom stereocenters. The molecule has 0 radical (unpaired) electrons. The summed E-state index contributed by atoms with van der Waals surface area (Å²) in [6.07, 6.45) is -0.923. The Bertz CT molecular complexity index is 865. The second-order valence-corrected chi connectivity index (χ2v) is 6.47. The molecule has 0 aliphatic rings. The minimum atomic E-state index is -0.900. The lowest BCUT2D eigenvalue weighted by Crippen LogP contribution is -2.47. The molecule has 0 spiro atoms. The van der Waals surface area contributed by atoms with E-state index in [9.17, 15) is 18.8 Å². The lowest BCUT2D eigenvalue weighted by molar-refractivity contribution is -0.132. The molecule has 0 aliphatic heterocycles. The monoisotopic (exact) mass is 386 g/mol. The van der Waals surface area contributed by atoms with Gasteiger partial charge in [-0.25, -0.2) is 4.39 Å². The number of benzene rings is 2. The highest BCUT2D eigenvalue weighted by atomic mass is 19.1. The maximum atomic E-state index is 12.9. The lowest BCUT2D eigenvalue weighted by atomic mass is 10.0. The van der Waals surface area contributed by atoms with Crippen molar-refractivity contribution in [2.24, 2.45) is 0 Å². The van der Waals surface area contributed by atoms with Crippen LogP contribution in [0.2, 0.25) is 0 Å². The highest BCUT2D eigenvalue weighted by Gasteiger charge is 2.16. The van der Waals surface area contributed by atoms with Gasteiger partial charge in [-0.3, -0.25) is 25.2 Å². The number of hydrogen-bond acceptors (Lipinski definition) is 4. The van der Waals surface area contributed by atoms with Crippen LogP contribution in [0.25, 0.3) is 0 Å². The average molecular weight is 386 g/mol. The number of carbonyl (C=O) groups excluding carboxylic acids is 3. The number of hydrogen-bond donors (Lipinski definition) is 2. The molecular formula is C21H23FN2O4. The fourth-order valence-electron chi connectivity index (χ4n) is 2.35. The fourth-order valence-corrected chi connectivity index (χ4v) is 2.35. The number of Topliss-reactive ketones (excluding diaryl/α,β-unsaturated/α-hetero) is 1. The topological polar surface area (TPSA) is 84.5 Å². The second kappa shape index (κ2) is 9.64. The van der Waals surface area contributed by atoms with Gasteiger partial charge < -0.3 is 4.74 Å². The number of aryl methyl sites for hydroxylation is 2. The zero-order valence-electron chi connectivity index (χ0n) is 16.0. The molecule has 6 nitrogen and oxygen atoms in total. The number of ether oxygens (including phenoxy) is 1. The number of rotatable bonds is 7. The van der Waals surface area contributed by atoms with Gasteiger partial charge in [-0.05, 0) is 62.2 Å². The predicted octanol–water partition coefficient (Wildman–Crippen LogP) is 3.02. The molecule has 2 aromatic carbocycles. The summed E-state index contributed by atoms with van der Waals surface area (Å²) in [5.74, 6) is -1.28. The van der Waals surface area contributed by atoms with Crippen LogP contribution in [0.5, 0.6) is 5.75 Å². The van der Waals surface area contributed by atoms with Crippen molar-refractivity contribution in [3.05, 3.63) is 65.0 Å². The second-order valence-electron chi connectivity index (χ2n) is 6.47. The standard InChI is InChI=1S/C21H23FN2O4/c1-13-4-5-16(12-14(13)2)19(25)10-11-20(26)23-24-21(27)15(3)28-18-8-6-17(22)7-9-18/h4-9,12,15H,10-11H2,1-3H3,(H,23,26)(H,24,27). The third kappa shape index (κ3) is 6.19. The predicted molar refractivity (Wildman–Crippen MR) is 102 cm³/mol. The molecule has 0 saturated heterocycles. The van der Waals surface area contributed by atoms with Gasteiger partial charge in [0.15, 0.2) is 11.9 Å². The molecule has 2 aromatic rings. The Balaban J connectivity index is 1.75. The highest BCUT2D eigenvalue weighted by Crippen LogP contribution is 2.13. The van der Waals surface area contributed by atoms with E-state index in [1.807, 2.05) is 19.9 Å². The van der Waals surface area contributed by atoms with Crippen molar-refractivity contribution in [2.75, 3.05) is 0 Å². The van der Waals surface area contributed by atoms with E-state index in [-0.39, 0.29) is 18.6 Å². The molecule has 2 rings (SSSR count). The van der Waals surface area contributed by atoms with Gasteiger partial charge in [-0.2, -0.15) is 0 Å². The molecule has 28 heavy (non-hydrogen) atoms. The SMILES string of the molecule is Cc1ccc(C(=O)CCC(=O)NNC(=O)C(C)Oc2ccc(F)cc2)cc1C. The highest BCUT2D eigenvalue weighted by molar-refractivity contribution is 5.98. The van der Waals surface area contributed by atoms with Crippen LogP contribution in [0.4, 0.5) is 4.39 Å². The van der Waals surface area contributed by atoms with Gasteiger partial charge in [0.25, 0.3) is 5.91 Å². The van der Waals surface area contributed by atoms with Crippen LogP contribution in [0, 0.1) is 19.7 Å². The Morgan fingerprint density at radius 1 is 0.964 bits per heavy atom. The molecule has 1 unspecified atom stereocenters. The van der Waals surface area contributed by atoms with Crippen LogP contribution in [-0.2, 0) is 9.59 Å². The van der Waals surface area contributed by atoms with E-state index < -0.39 is 23.7 Å². The summed E-state index contributed by atoms with van der Waals surface area (Å²) in [6, 6.07) is 10.6. The lowest BCUT2D eigenvalue weighted by Gasteiger charge is -2.15. The maximum Gasteiger partial charge on any atom is 0.279 e. The molecule has 0 aliphatic carbocycles. The molecule has 0 fully saturated rings. The first kappa shape index (κ1) is 21.1. The minimum absolute atomic E-state index is 0.0336. The quantitative estimate of drug-likeness (QED) is 0.566. The van der Waals surface area contributed by atoms with Crippen LogP contribution in [-0.4, -0.2) is 23.7 Å². The van der Waals surface area contributed by atoms with Crippen molar-refractivity contribution in [3.8, 4) is 5.75 Å². The number of amides is 2. The Labute approximate surface area is 163 Å². The van der Waals surface area contributed by atoms with E-state index in [0.29, 0.717) is 11.3 Å². The van der Waals surface area contributed by atoms with Crippen molar-refractivity contribution >= 4 is 17.6 Å². The van der Waals surface area contributed by atoms with Crippen molar-refractivity contribution < 1.29 is 23.5 Å². The Kier molecular flexibility index (Phi) is 7.26. The zero-order chi connectivity index (χ0) is 20.7. The first-order chi connectivity index (χ1) is 13.3. The number of ketones is 1. The summed E-state index contributed by atoms with van der Waals surface area (Å²) >= 11 is 0. The number of carbonyl (C=O) groups is 3. The van der Waals surface area contributed by atoms with Crippen LogP contribution < -0.4 is 15.6 Å². The van der Waals surface area contributed by atoms with E-state index in [1.54, 1.807) is 12.1 Å². The summed E-state index contributed by atoms with van der Waals surface area (Å²) in [4.78, 5) is 36.0. The van der Waals surface area contributed by atoms with Gasteiger partial charge in [-0.1, -0.05) is 12.1 Å². The summed E-state index contributed by atoms with van der Waals surface area (Å²) in [7, 11) is 0. The first-order valence-electron chi connectivity index (χ1n) is 8.87. The molecule has 0 heterocycles. The molecule has 2 N–H and O–H groups in total. The van der Waals surface area contributed by atoms with E-state index in [2.05, 4.69) is 10.9 Å². The van der Waals surface area contributed by atoms with Crippen LogP contribution in [0.15, 0.2) is 42.5 Å². The van der Waals surface area contributed by atoms with Crippen molar-refractivity contribution in [1.82, 2.24) is 10.9 Å². The summed E-state index contributed by atoms with van der Waals surface area (Å²) in [5, 5.41) is 0. The van der Waals surface area contributed by atoms with Gasteiger partial charge in [0.1, 0.15) is 11.6 Å².